The third kappa shape index (κ3) is 1.87. The standard InChI is InChI=1S/C14H12ClN3/c1-2-16-14-13(15)17-11-7-9-5-3-4-6-10(9)8-12(11)18-14/h3-8H,2H2,1H3,(H,16,18). The van der Waals surface area contributed by atoms with Gasteiger partial charge < -0.3 is 5.32 Å². The maximum atomic E-state index is 6.10. The Morgan fingerprint density at radius 1 is 1.06 bits per heavy atom. The predicted molar refractivity (Wildman–Crippen MR) is 76.2 cm³/mol. The molecule has 0 amide bonds. The third-order valence-electron chi connectivity index (χ3n) is 2.83. The van der Waals surface area contributed by atoms with Crippen LogP contribution in [0.25, 0.3) is 21.8 Å². The molecule has 0 aliphatic rings. The molecule has 0 aliphatic heterocycles. The van der Waals surface area contributed by atoms with E-state index in [-0.39, 0.29) is 0 Å². The second kappa shape index (κ2) is 4.42. The molecule has 0 atom stereocenters. The molecule has 3 aromatic rings. The van der Waals surface area contributed by atoms with Gasteiger partial charge in [0.05, 0.1) is 11.0 Å². The number of fused-ring (bicyclic) bond motifs is 2. The molecule has 0 saturated heterocycles. The van der Waals surface area contributed by atoms with Crippen molar-refractivity contribution < 1.29 is 0 Å². The smallest absolute Gasteiger partial charge is 0.172 e. The van der Waals surface area contributed by atoms with E-state index in [0.29, 0.717) is 11.0 Å². The third-order valence-corrected chi connectivity index (χ3v) is 3.10. The zero-order valence-electron chi connectivity index (χ0n) is 9.94. The minimum atomic E-state index is 0.416. The van der Waals surface area contributed by atoms with E-state index in [9.17, 15) is 0 Å². The van der Waals surface area contributed by atoms with Gasteiger partial charge in [-0.05, 0) is 29.8 Å². The van der Waals surface area contributed by atoms with Gasteiger partial charge in [-0.1, -0.05) is 35.9 Å². The van der Waals surface area contributed by atoms with Crippen molar-refractivity contribution in [2.75, 3.05) is 11.9 Å². The molecular formula is C14H12ClN3. The van der Waals surface area contributed by atoms with Crippen molar-refractivity contribution >= 4 is 39.2 Å². The Morgan fingerprint density at radius 2 is 1.67 bits per heavy atom. The summed E-state index contributed by atoms with van der Waals surface area (Å²) in [7, 11) is 0. The number of rotatable bonds is 2. The zero-order valence-corrected chi connectivity index (χ0v) is 10.7. The van der Waals surface area contributed by atoms with E-state index in [2.05, 4.69) is 27.4 Å². The number of hydrogen-bond acceptors (Lipinski definition) is 3. The minimum absolute atomic E-state index is 0.416. The van der Waals surface area contributed by atoms with E-state index in [4.69, 9.17) is 11.6 Å². The summed E-state index contributed by atoms with van der Waals surface area (Å²) in [5, 5.41) is 5.83. The van der Waals surface area contributed by atoms with Gasteiger partial charge in [-0.2, -0.15) is 0 Å². The highest BCUT2D eigenvalue weighted by Crippen LogP contribution is 2.25. The molecule has 1 heterocycles. The summed E-state index contributed by atoms with van der Waals surface area (Å²) < 4.78 is 0. The summed E-state index contributed by atoms with van der Waals surface area (Å²) in [6.45, 7) is 2.77. The highest BCUT2D eigenvalue weighted by molar-refractivity contribution is 6.32. The maximum Gasteiger partial charge on any atom is 0.172 e. The van der Waals surface area contributed by atoms with E-state index >= 15 is 0 Å². The molecule has 18 heavy (non-hydrogen) atoms. The lowest BCUT2D eigenvalue weighted by molar-refractivity contribution is 1.15. The van der Waals surface area contributed by atoms with Crippen LogP contribution in [0.5, 0.6) is 0 Å². The number of hydrogen-bond donors (Lipinski definition) is 1. The Kier molecular flexibility index (Phi) is 2.76. The molecule has 0 unspecified atom stereocenters. The van der Waals surface area contributed by atoms with E-state index in [0.717, 1.165) is 28.4 Å². The second-order valence-corrected chi connectivity index (χ2v) is 4.44. The molecule has 0 radical (unpaired) electrons. The lowest BCUT2D eigenvalue weighted by atomic mass is 10.1. The molecule has 0 aliphatic carbocycles. The van der Waals surface area contributed by atoms with Gasteiger partial charge in [-0.25, -0.2) is 9.97 Å². The van der Waals surface area contributed by atoms with Crippen molar-refractivity contribution in [1.29, 1.82) is 0 Å². The summed E-state index contributed by atoms with van der Waals surface area (Å²) in [6, 6.07) is 12.2. The summed E-state index contributed by atoms with van der Waals surface area (Å²) >= 11 is 6.10. The number of halogens is 1. The Bertz CT molecular complexity index is 725. The Hall–Kier alpha value is -1.87. The first-order valence-electron chi connectivity index (χ1n) is 5.88. The van der Waals surface area contributed by atoms with Crippen molar-refractivity contribution in [3.63, 3.8) is 0 Å². The average Bonchev–Trinajstić information content (AvgIpc) is 2.38. The molecule has 2 aromatic carbocycles. The van der Waals surface area contributed by atoms with E-state index in [1.165, 1.54) is 0 Å². The lowest BCUT2D eigenvalue weighted by Crippen LogP contribution is -2.01. The Morgan fingerprint density at radius 3 is 2.28 bits per heavy atom. The quantitative estimate of drug-likeness (QED) is 0.708. The molecule has 4 heteroatoms. The van der Waals surface area contributed by atoms with Crippen LogP contribution in [-0.4, -0.2) is 16.5 Å². The predicted octanol–water partition coefficient (Wildman–Crippen LogP) is 3.87. The average molecular weight is 258 g/mol. The molecule has 1 aromatic heterocycles. The maximum absolute atomic E-state index is 6.10. The Balaban J connectivity index is 2.29. The Labute approximate surface area is 110 Å². The fourth-order valence-electron chi connectivity index (χ4n) is 2.00. The topological polar surface area (TPSA) is 37.8 Å². The summed E-state index contributed by atoms with van der Waals surface area (Å²) in [4.78, 5) is 8.89. The van der Waals surface area contributed by atoms with Crippen molar-refractivity contribution in [2.24, 2.45) is 0 Å². The van der Waals surface area contributed by atoms with Crippen LogP contribution in [0.2, 0.25) is 5.15 Å². The molecule has 3 nitrogen and oxygen atoms in total. The van der Waals surface area contributed by atoms with Gasteiger partial charge >= 0.3 is 0 Å². The number of aromatic nitrogens is 2. The molecule has 0 spiro atoms. The summed E-state index contributed by atoms with van der Waals surface area (Å²) in [6.07, 6.45) is 0. The molecule has 0 bridgehead atoms. The molecule has 1 N–H and O–H groups in total. The minimum Gasteiger partial charge on any atom is -0.368 e. The highest BCUT2D eigenvalue weighted by Gasteiger charge is 2.06. The molecule has 3 rings (SSSR count). The number of anilines is 1. The van der Waals surface area contributed by atoms with Crippen LogP contribution in [-0.2, 0) is 0 Å². The van der Waals surface area contributed by atoms with Crippen LogP contribution in [0.3, 0.4) is 0 Å². The second-order valence-electron chi connectivity index (χ2n) is 4.08. The van der Waals surface area contributed by atoms with Crippen LogP contribution >= 0.6 is 11.6 Å². The lowest BCUT2D eigenvalue weighted by Gasteiger charge is -2.07. The van der Waals surface area contributed by atoms with Crippen molar-refractivity contribution in [3.8, 4) is 0 Å². The van der Waals surface area contributed by atoms with Crippen LogP contribution in [0.1, 0.15) is 6.92 Å². The number of nitrogens with zero attached hydrogens (tertiary/aromatic N) is 2. The number of benzene rings is 2. The van der Waals surface area contributed by atoms with Crippen molar-refractivity contribution in [3.05, 3.63) is 41.6 Å². The molecular weight excluding hydrogens is 246 g/mol. The van der Waals surface area contributed by atoms with Gasteiger partial charge in [-0.15, -0.1) is 0 Å². The molecule has 0 saturated carbocycles. The van der Waals surface area contributed by atoms with Gasteiger partial charge in [0, 0.05) is 6.54 Å². The molecule has 0 fully saturated rings. The molecule has 90 valence electrons. The zero-order chi connectivity index (χ0) is 12.5. The summed E-state index contributed by atoms with van der Waals surface area (Å²) in [5.41, 5.74) is 1.68. The number of nitrogens with one attached hydrogen (secondary N) is 1. The van der Waals surface area contributed by atoms with Crippen LogP contribution in [0.15, 0.2) is 36.4 Å². The van der Waals surface area contributed by atoms with Crippen LogP contribution in [0.4, 0.5) is 5.82 Å². The first kappa shape index (κ1) is 11.2. The van der Waals surface area contributed by atoms with Gasteiger partial charge in [0.15, 0.2) is 11.0 Å². The SMILES string of the molecule is CCNc1nc2cc3ccccc3cc2nc1Cl. The van der Waals surface area contributed by atoms with Crippen LogP contribution in [0, 0.1) is 0 Å². The van der Waals surface area contributed by atoms with Crippen molar-refractivity contribution in [1.82, 2.24) is 9.97 Å². The van der Waals surface area contributed by atoms with Gasteiger partial charge in [0.1, 0.15) is 0 Å². The van der Waals surface area contributed by atoms with Gasteiger partial charge in [-0.3, -0.25) is 0 Å². The van der Waals surface area contributed by atoms with E-state index in [1.807, 2.05) is 31.2 Å². The van der Waals surface area contributed by atoms with Crippen LogP contribution < -0.4 is 5.32 Å². The van der Waals surface area contributed by atoms with E-state index < -0.39 is 0 Å². The summed E-state index contributed by atoms with van der Waals surface area (Å²) in [5.74, 6) is 0.641. The first-order valence-corrected chi connectivity index (χ1v) is 6.25. The first-order chi connectivity index (χ1) is 8.78. The fraction of sp³-hybridized carbons (Fsp3) is 0.143. The fourth-order valence-corrected chi connectivity index (χ4v) is 2.20. The highest BCUT2D eigenvalue weighted by atomic mass is 35.5. The van der Waals surface area contributed by atoms with E-state index in [1.54, 1.807) is 0 Å². The van der Waals surface area contributed by atoms with Crippen molar-refractivity contribution in [2.45, 2.75) is 6.92 Å². The van der Waals surface area contributed by atoms with Gasteiger partial charge in [0.25, 0.3) is 0 Å². The normalized spacial score (nSPS) is 11.0. The monoisotopic (exact) mass is 257 g/mol. The largest absolute Gasteiger partial charge is 0.368 e. The van der Waals surface area contributed by atoms with Gasteiger partial charge in [0.2, 0.25) is 0 Å².